The predicted molar refractivity (Wildman–Crippen MR) is 128 cm³/mol. The van der Waals surface area contributed by atoms with Gasteiger partial charge in [0.1, 0.15) is 24.1 Å². The van der Waals surface area contributed by atoms with Crippen molar-refractivity contribution in [2.45, 2.75) is 108 Å². The van der Waals surface area contributed by atoms with E-state index in [0.717, 1.165) is 32.1 Å². The molecule has 0 aromatic heterocycles. The Morgan fingerprint density at radius 3 is 2.46 bits per heavy atom. The Bertz CT molecular complexity index is 896. The molecule has 14 atom stereocenters. The lowest BCUT2D eigenvalue weighted by molar-refractivity contribution is -0.309. The van der Waals surface area contributed by atoms with Gasteiger partial charge in [0, 0.05) is 12.3 Å². The van der Waals surface area contributed by atoms with Crippen molar-refractivity contribution < 1.29 is 49.7 Å². The average Bonchev–Trinajstić information content (AvgIpc) is 3.19. The van der Waals surface area contributed by atoms with Gasteiger partial charge in [0.25, 0.3) is 0 Å². The summed E-state index contributed by atoms with van der Waals surface area (Å²) in [6.07, 6.45) is -3.13. The smallest absolute Gasteiger partial charge is 0.335 e. The number of carboxylic acids is 1. The van der Waals surface area contributed by atoms with Crippen LogP contribution in [0.3, 0.4) is 0 Å². The molecular formula is C27H42O10. The largest absolute Gasteiger partial charge is 0.479 e. The molecule has 1 heterocycles. The number of hydrogen-bond donors (Lipinski definition) is 6. The van der Waals surface area contributed by atoms with Crippen LogP contribution in [0.1, 0.15) is 65.2 Å². The first-order valence-corrected chi connectivity index (χ1v) is 13.8. The maximum absolute atomic E-state index is 13.8. The summed E-state index contributed by atoms with van der Waals surface area (Å²) in [4.78, 5) is 25.2. The number of aliphatic hydroxyl groups excluding tert-OH is 5. The molecule has 6 N–H and O–H groups in total. The van der Waals surface area contributed by atoms with Gasteiger partial charge in [-0.3, -0.25) is 4.79 Å². The molecule has 5 rings (SSSR count). The zero-order valence-electron chi connectivity index (χ0n) is 21.6. The molecule has 0 bridgehead atoms. The Kier molecular flexibility index (Phi) is 7.26. The number of fused-ring (bicyclic) bond motifs is 5. The van der Waals surface area contributed by atoms with Gasteiger partial charge in [-0.2, -0.15) is 0 Å². The van der Waals surface area contributed by atoms with E-state index in [2.05, 4.69) is 13.8 Å². The van der Waals surface area contributed by atoms with E-state index in [0.29, 0.717) is 25.2 Å². The molecule has 0 aromatic carbocycles. The fourth-order valence-electron chi connectivity index (χ4n) is 9.31. The number of ether oxygens (including phenoxy) is 2. The summed E-state index contributed by atoms with van der Waals surface area (Å²) in [6, 6.07) is 0. The summed E-state index contributed by atoms with van der Waals surface area (Å²) in [5.41, 5.74) is -0.481. The first-order chi connectivity index (χ1) is 17.4. The van der Waals surface area contributed by atoms with Gasteiger partial charge in [0.2, 0.25) is 0 Å². The molecule has 0 unspecified atom stereocenters. The van der Waals surface area contributed by atoms with E-state index < -0.39 is 42.8 Å². The van der Waals surface area contributed by atoms with Crippen molar-refractivity contribution in [3.05, 3.63) is 0 Å². The summed E-state index contributed by atoms with van der Waals surface area (Å²) in [6.45, 7) is 4.07. The monoisotopic (exact) mass is 526 g/mol. The third-order valence-electron chi connectivity index (χ3n) is 11.2. The molecule has 5 fully saturated rings. The Morgan fingerprint density at radius 2 is 1.78 bits per heavy atom. The number of ketones is 1. The lowest BCUT2D eigenvalue weighted by Crippen LogP contribution is -2.61. The molecule has 4 aliphatic carbocycles. The van der Waals surface area contributed by atoms with Crippen molar-refractivity contribution >= 4 is 11.8 Å². The van der Waals surface area contributed by atoms with E-state index in [1.165, 1.54) is 0 Å². The molecule has 5 aliphatic rings. The Labute approximate surface area is 217 Å². The van der Waals surface area contributed by atoms with Crippen LogP contribution in [0, 0.1) is 40.4 Å². The molecule has 1 aliphatic heterocycles. The van der Waals surface area contributed by atoms with Crippen LogP contribution in [0.4, 0.5) is 0 Å². The van der Waals surface area contributed by atoms with Gasteiger partial charge in [-0.05, 0) is 79.4 Å². The summed E-state index contributed by atoms with van der Waals surface area (Å²) in [5.74, 6) is -0.470. The van der Waals surface area contributed by atoms with Crippen LogP contribution in [0.2, 0.25) is 0 Å². The standard InChI is InChI=1S/C27H42O10/c1-26-8-7-13(36-25-22(33)20(31)21(32)23(37-25)24(34)35)9-12(26)3-4-14-15-5-6-16(18(30)11-28)27(15,2)10-17(29)19(14)26/h12-16,18-23,25,28,30-33H,3-11H2,1-2H3,(H,34,35)/t12-,13-,14+,15+,16-,18+,19-,20-,21+,22-,23+,25-,26+,27+/m1/s1. The number of hydrogen-bond acceptors (Lipinski definition) is 9. The molecule has 0 amide bonds. The van der Waals surface area contributed by atoms with Gasteiger partial charge in [0.15, 0.2) is 12.4 Å². The van der Waals surface area contributed by atoms with Crippen molar-refractivity contribution in [3.63, 3.8) is 0 Å². The third-order valence-corrected chi connectivity index (χ3v) is 11.2. The summed E-state index contributed by atoms with van der Waals surface area (Å²) < 4.78 is 11.3. The van der Waals surface area contributed by atoms with Crippen LogP contribution in [-0.2, 0) is 19.1 Å². The number of rotatable bonds is 5. The molecule has 37 heavy (non-hydrogen) atoms. The van der Waals surface area contributed by atoms with Crippen molar-refractivity contribution in [2.75, 3.05) is 6.61 Å². The maximum atomic E-state index is 13.8. The van der Waals surface area contributed by atoms with E-state index in [1.54, 1.807) is 0 Å². The highest BCUT2D eigenvalue weighted by atomic mass is 16.7. The number of Topliss-reactive ketones (excluding diaryl/α,β-unsaturated/α-hetero) is 1. The minimum atomic E-state index is -1.76. The fourth-order valence-corrected chi connectivity index (χ4v) is 9.31. The summed E-state index contributed by atoms with van der Waals surface area (Å²) >= 11 is 0. The van der Waals surface area contributed by atoms with Crippen molar-refractivity contribution in [3.8, 4) is 0 Å². The van der Waals surface area contributed by atoms with Crippen LogP contribution in [0.5, 0.6) is 0 Å². The Hall–Kier alpha value is -1.14. The van der Waals surface area contributed by atoms with Crippen molar-refractivity contribution in [1.29, 1.82) is 0 Å². The first-order valence-electron chi connectivity index (χ1n) is 13.8. The first kappa shape index (κ1) is 27.4. The second-order valence-corrected chi connectivity index (χ2v) is 12.9. The number of carbonyl (C=O) groups excluding carboxylic acids is 1. The molecule has 0 spiro atoms. The van der Waals surface area contributed by atoms with Gasteiger partial charge in [0.05, 0.1) is 18.8 Å². The molecule has 10 nitrogen and oxygen atoms in total. The van der Waals surface area contributed by atoms with Crippen LogP contribution in [0.25, 0.3) is 0 Å². The van der Waals surface area contributed by atoms with Crippen LogP contribution in [0.15, 0.2) is 0 Å². The Morgan fingerprint density at radius 1 is 1.05 bits per heavy atom. The van der Waals surface area contributed by atoms with E-state index in [-0.39, 0.29) is 53.0 Å². The molecule has 4 saturated carbocycles. The molecule has 0 radical (unpaired) electrons. The number of aliphatic carboxylic acids is 1. The molecule has 210 valence electrons. The van der Waals surface area contributed by atoms with Gasteiger partial charge in [-0.1, -0.05) is 13.8 Å². The lowest BCUT2D eigenvalue weighted by atomic mass is 9.44. The summed E-state index contributed by atoms with van der Waals surface area (Å²) in [7, 11) is 0. The fraction of sp³-hybridized carbons (Fsp3) is 0.926. The van der Waals surface area contributed by atoms with Crippen LogP contribution >= 0.6 is 0 Å². The minimum Gasteiger partial charge on any atom is -0.479 e. The van der Waals surface area contributed by atoms with Gasteiger partial charge >= 0.3 is 5.97 Å². The van der Waals surface area contributed by atoms with E-state index in [4.69, 9.17) is 9.47 Å². The lowest BCUT2D eigenvalue weighted by Gasteiger charge is -2.60. The van der Waals surface area contributed by atoms with Crippen LogP contribution < -0.4 is 0 Å². The minimum absolute atomic E-state index is 0.0554. The van der Waals surface area contributed by atoms with E-state index >= 15 is 0 Å². The average molecular weight is 527 g/mol. The van der Waals surface area contributed by atoms with E-state index in [1.807, 2.05) is 0 Å². The highest BCUT2D eigenvalue weighted by Gasteiger charge is 2.64. The SMILES string of the molecule is C[C@]12CC[C@@H](O[C@@H]3O[C@H](C(=O)O)[C@@H](O)[C@@H](O)[C@H]3O)C[C@H]1CC[C@H]1[C@@H]3CC[C@H]([C@@H](O)CO)[C@@]3(C)CC(=O)[C@@H]12. The highest BCUT2D eigenvalue weighted by Crippen LogP contribution is 2.67. The topological polar surface area (TPSA) is 174 Å². The third kappa shape index (κ3) is 4.27. The maximum Gasteiger partial charge on any atom is 0.335 e. The second-order valence-electron chi connectivity index (χ2n) is 12.9. The van der Waals surface area contributed by atoms with Gasteiger partial charge in [-0.15, -0.1) is 0 Å². The number of aliphatic hydroxyl groups is 5. The molecule has 0 aromatic rings. The molecule has 1 saturated heterocycles. The highest BCUT2D eigenvalue weighted by molar-refractivity contribution is 5.84. The molecular weight excluding hydrogens is 484 g/mol. The normalized spacial score (nSPS) is 52.6. The summed E-state index contributed by atoms with van der Waals surface area (Å²) in [5, 5.41) is 59.8. The Balaban J connectivity index is 1.29. The quantitative estimate of drug-likeness (QED) is 0.276. The van der Waals surface area contributed by atoms with Crippen molar-refractivity contribution in [2.24, 2.45) is 40.4 Å². The zero-order chi connectivity index (χ0) is 26.9. The van der Waals surface area contributed by atoms with Crippen LogP contribution in [-0.4, -0.2) is 91.9 Å². The molecule has 10 heteroatoms. The van der Waals surface area contributed by atoms with Gasteiger partial charge < -0.3 is 40.1 Å². The zero-order valence-corrected chi connectivity index (χ0v) is 21.6. The number of carboxylic acid groups (broad SMARTS) is 1. The number of carbonyl (C=O) groups is 2. The van der Waals surface area contributed by atoms with E-state index in [9.17, 15) is 40.2 Å². The second kappa shape index (κ2) is 9.80. The predicted octanol–water partition coefficient (Wildman–Crippen LogP) is 0.455. The van der Waals surface area contributed by atoms with Gasteiger partial charge in [-0.25, -0.2) is 4.79 Å². The van der Waals surface area contributed by atoms with Crippen molar-refractivity contribution in [1.82, 2.24) is 0 Å².